The van der Waals surface area contributed by atoms with Crippen LogP contribution in [-0.2, 0) is 9.84 Å². The molecule has 0 heterocycles. The molecule has 0 aliphatic heterocycles. The van der Waals surface area contributed by atoms with Gasteiger partial charge in [-0.05, 0) is 12.8 Å². The maximum absolute atomic E-state index is 11.0. The first kappa shape index (κ1) is 7.06. The summed E-state index contributed by atoms with van der Waals surface area (Å²) in [6, 6.07) is 0. The highest BCUT2D eigenvalue weighted by Crippen LogP contribution is 2.26. The molecule has 0 unspecified atom stereocenters. The fourth-order valence-electron chi connectivity index (χ4n) is 0.966. The van der Waals surface area contributed by atoms with Gasteiger partial charge in [0.2, 0.25) is 0 Å². The van der Waals surface area contributed by atoms with Crippen LogP contribution < -0.4 is 0 Å². The van der Waals surface area contributed by atoms with E-state index in [0.717, 1.165) is 19.3 Å². The molecule has 0 aromatic heterocycles. The lowest BCUT2D eigenvalue weighted by atomic mass is 10.0. The third-order valence-corrected chi connectivity index (χ3v) is 4.25. The maximum atomic E-state index is 11.0. The van der Waals surface area contributed by atoms with Crippen LogP contribution in [0.2, 0.25) is 0 Å². The van der Waals surface area contributed by atoms with Gasteiger partial charge in [-0.1, -0.05) is 13.3 Å². The van der Waals surface area contributed by atoms with Crippen molar-refractivity contribution < 1.29 is 8.42 Å². The number of sulfone groups is 1. The van der Waals surface area contributed by atoms with E-state index in [1.165, 1.54) is 0 Å². The van der Waals surface area contributed by atoms with Crippen LogP contribution in [0.15, 0.2) is 0 Å². The lowest BCUT2D eigenvalue weighted by molar-refractivity contribution is 0.477. The quantitative estimate of drug-likeness (QED) is 0.585. The second-order valence-electron chi connectivity index (χ2n) is 2.50. The van der Waals surface area contributed by atoms with Gasteiger partial charge in [-0.15, -0.1) is 0 Å². The van der Waals surface area contributed by atoms with Crippen LogP contribution in [0.3, 0.4) is 0 Å². The lowest BCUT2D eigenvalue weighted by Gasteiger charge is -2.24. The van der Waals surface area contributed by atoms with Crippen molar-refractivity contribution in [1.29, 1.82) is 0 Å². The minimum absolute atomic E-state index is 0.0162. The Balaban J connectivity index is 2.59. The monoisotopic (exact) mass is 148 g/mol. The van der Waals surface area contributed by atoms with Crippen molar-refractivity contribution in [2.75, 3.05) is 5.75 Å². The van der Waals surface area contributed by atoms with Gasteiger partial charge < -0.3 is 0 Å². The first-order valence-electron chi connectivity index (χ1n) is 3.38. The van der Waals surface area contributed by atoms with Crippen LogP contribution in [0.4, 0.5) is 0 Å². The van der Waals surface area contributed by atoms with Gasteiger partial charge in [-0.2, -0.15) is 0 Å². The van der Waals surface area contributed by atoms with Gasteiger partial charge in [0, 0.05) is 5.75 Å². The summed E-state index contributed by atoms with van der Waals surface area (Å²) in [7, 11) is -2.66. The molecule has 1 saturated carbocycles. The Labute approximate surface area is 56.2 Å². The molecule has 3 heteroatoms. The van der Waals surface area contributed by atoms with Gasteiger partial charge in [0.1, 0.15) is 0 Å². The minimum Gasteiger partial charge on any atom is -0.229 e. The van der Waals surface area contributed by atoms with Crippen molar-refractivity contribution in [2.45, 2.75) is 31.4 Å². The second-order valence-corrected chi connectivity index (χ2v) is 5.07. The molecule has 0 atom stereocenters. The Bertz CT molecular complexity index is 177. The Morgan fingerprint density at radius 2 is 2.00 bits per heavy atom. The van der Waals surface area contributed by atoms with E-state index >= 15 is 0 Å². The normalized spacial score (nSPS) is 21.4. The molecule has 54 valence electrons. The van der Waals surface area contributed by atoms with Gasteiger partial charge in [0.25, 0.3) is 0 Å². The Hall–Kier alpha value is -0.0500. The van der Waals surface area contributed by atoms with Gasteiger partial charge in [-0.3, -0.25) is 0 Å². The molecular formula is C6H12O2S. The Morgan fingerprint density at radius 3 is 2.11 bits per heavy atom. The zero-order chi connectivity index (χ0) is 6.91. The average Bonchev–Trinajstić information content (AvgIpc) is 1.60. The molecule has 1 aliphatic rings. The number of hydrogen-bond acceptors (Lipinski definition) is 2. The van der Waals surface area contributed by atoms with Crippen molar-refractivity contribution in [2.24, 2.45) is 0 Å². The van der Waals surface area contributed by atoms with Crippen LogP contribution >= 0.6 is 0 Å². The summed E-state index contributed by atoms with van der Waals surface area (Å²) in [4.78, 5) is 0. The molecule has 2 nitrogen and oxygen atoms in total. The standard InChI is InChI=1S/C6H12O2S/c1-2-9(7,8)6-4-3-5-6/h6H,2-5H2,1H3. The van der Waals surface area contributed by atoms with Crippen LogP contribution in [0.5, 0.6) is 0 Å². The highest BCUT2D eigenvalue weighted by atomic mass is 32.2. The summed E-state index contributed by atoms with van der Waals surface area (Å²) in [5, 5.41) is 0.0162. The van der Waals surface area contributed by atoms with E-state index in [0.29, 0.717) is 5.75 Å². The minimum atomic E-state index is -2.66. The van der Waals surface area contributed by atoms with E-state index < -0.39 is 9.84 Å². The highest BCUT2D eigenvalue weighted by Gasteiger charge is 2.29. The maximum Gasteiger partial charge on any atom is 0.152 e. The van der Waals surface area contributed by atoms with Crippen LogP contribution in [0.25, 0.3) is 0 Å². The second kappa shape index (κ2) is 2.29. The van der Waals surface area contributed by atoms with Crippen LogP contribution in [-0.4, -0.2) is 19.4 Å². The van der Waals surface area contributed by atoms with E-state index in [-0.39, 0.29) is 5.25 Å². The average molecular weight is 148 g/mol. The summed E-state index contributed by atoms with van der Waals surface area (Å²) >= 11 is 0. The van der Waals surface area contributed by atoms with Gasteiger partial charge in [-0.25, -0.2) is 8.42 Å². The molecule has 0 saturated heterocycles. The Kier molecular flexibility index (Phi) is 1.80. The first-order chi connectivity index (χ1) is 4.17. The molecule has 0 amide bonds. The molecule has 0 aromatic rings. The highest BCUT2D eigenvalue weighted by molar-refractivity contribution is 7.92. The zero-order valence-corrected chi connectivity index (χ0v) is 6.45. The van der Waals surface area contributed by atoms with E-state index in [2.05, 4.69) is 0 Å². The van der Waals surface area contributed by atoms with Gasteiger partial charge in [0.05, 0.1) is 5.25 Å². The van der Waals surface area contributed by atoms with Crippen LogP contribution in [0, 0.1) is 0 Å². The fourth-order valence-corrected chi connectivity index (χ4v) is 2.49. The molecule has 0 spiro atoms. The molecule has 1 fully saturated rings. The van der Waals surface area contributed by atoms with E-state index in [1.807, 2.05) is 0 Å². The summed E-state index contributed by atoms with van der Waals surface area (Å²) in [5.74, 6) is 0.317. The van der Waals surface area contributed by atoms with Crippen molar-refractivity contribution in [3.05, 3.63) is 0 Å². The summed E-state index contributed by atoms with van der Waals surface area (Å²) < 4.78 is 22.0. The molecular weight excluding hydrogens is 136 g/mol. The molecule has 0 N–H and O–H groups in total. The predicted octanol–water partition coefficient (Wildman–Crippen LogP) is 0.974. The molecule has 1 rings (SSSR count). The zero-order valence-electron chi connectivity index (χ0n) is 5.63. The topological polar surface area (TPSA) is 34.1 Å². The Morgan fingerprint density at radius 1 is 1.44 bits per heavy atom. The fraction of sp³-hybridized carbons (Fsp3) is 1.00. The first-order valence-corrected chi connectivity index (χ1v) is 5.10. The molecule has 0 radical (unpaired) electrons. The molecule has 1 aliphatic carbocycles. The molecule has 0 aromatic carbocycles. The smallest absolute Gasteiger partial charge is 0.152 e. The summed E-state index contributed by atoms with van der Waals surface area (Å²) in [6.45, 7) is 1.72. The van der Waals surface area contributed by atoms with E-state index in [1.54, 1.807) is 6.92 Å². The summed E-state index contributed by atoms with van der Waals surface area (Å²) in [5.41, 5.74) is 0. The third-order valence-electron chi connectivity index (χ3n) is 1.96. The van der Waals surface area contributed by atoms with E-state index in [9.17, 15) is 8.42 Å². The number of hydrogen-bond donors (Lipinski definition) is 0. The van der Waals surface area contributed by atoms with Gasteiger partial charge in [0.15, 0.2) is 9.84 Å². The number of rotatable bonds is 2. The lowest BCUT2D eigenvalue weighted by Crippen LogP contribution is -2.29. The SMILES string of the molecule is CCS(=O)(=O)C1CCC1. The van der Waals surface area contributed by atoms with Gasteiger partial charge >= 0.3 is 0 Å². The van der Waals surface area contributed by atoms with Crippen molar-refractivity contribution >= 4 is 9.84 Å². The predicted molar refractivity (Wildman–Crippen MR) is 37.1 cm³/mol. The van der Waals surface area contributed by atoms with Crippen molar-refractivity contribution in [1.82, 2.24) is 0 Å². The van der Waals surface area contributed by atoms with Crippen molar-refractivity contribution in [3.63, 3.8) is 0 Å². The molecule has 9 heavy (non-hydrogen) atoms. The largest absolute Gasteiger partial charge is 0.229 e. The molecule has 0 bridgehead atoms. The third kappa shape index (κ3) is 1.26. The van der Waals surface area contributed by atoms with Crippen molar-refractivity contribution in [3.8, 4) is 0 Å². The van der Waals surface area contributed by atoms with E-state index in [4.69, 9.17) is 0 Å². The summed E-state index contributed by atoms with van der Waals surface area (Å²) in [6.07, 6.45) is 2.90. The van der Waals surface area contributed by atoms with Crippen LogP contribution in [0.1, 0.15) is 26.2 Å².